The molecular formula is C20H18ClN5O2. The zero-order valence-electron chi connectivity index (χ0n) is 15.4. The Morgan fingerprint density at radius 2 is 1.93 bits per heavy atom. The molecule has 2 aromatic heterocycles. The first-order valence-corrected chi connectivity index (χ1v) is 9.23. The third-order valence-corrected chi connectivity index (χ3v) is 4.77. The quantitative estimate of drug-likeness (QED) is 0.573. The zero-order chi connectivity index (χ0) is 19.8. The maximum atomic E-state index is 12.6. The van der Waals surface area contributed by atoms with E-state index in [1.807, 2.05) is 24.3 Å². The molecule has 2 heterocycles. The molecule has 8 heteroatoms. The second kappa shape index (κ2) is 7.09. The van der Waals surface area contributed by atoms with Gasteiger partial charge in [0.25, 0.3) is 0 Å². The highest BCUT2D eigenvalue weighted by Crippen LogP contribution is 2.20. The molecule has 0 aliphatic heterocycles. The van der Waals surface area contributed by atoms with Crippen LogP contribution in [0.5, 0.6) is 0 Å². The van der Waals surface area contributed by atoms with Crippen molar-refractivity contribution >= 4 is 39.7 Å². The van der Waals surface area contributed by atoms with Gasteiger partial charge in [-0.2, -0.15) is 0 Å². The first kappa shape index (κ1) is 18.2. The van der Waals surface area contributed by atoms with Crippen LogP contribution >= 0.6 is 11.6 Å². The van der Waals surface area contributed by atoms with Crippen LogP contribution in [0.1, 0.15) is 25.3 Å². The Kier molecular flexibility index (Phi) is 4.60. The number of hydrogen-bond donors (Lipinski definition) is 1. The highest BCUT2D eigenvalue weighted by atomic mass is 35.5. The van der Waals surface area contributed by atoms with Gasteiger partial charge in [0.05, 0.1) is 5.52 Å². The number of nitrogens with zero attached hydrogens (tertiary/aromatic N) is 4. The summed E-state index contributed by atoms with van der Waals surface area (Å²) in [7, 11) is 0. The van der Waals surface area contributed by atoms with Crippen LogP contribution in [0.15, 0.2) is 53.6 Å². The molecule has 0 aliphatic carbocycles. The van der Waals surface area contributed by atoms with Crippen molar-refractivity contribution in [3.05, 3.63) is 69.9 Å². The second-order valence-corrected chi connectivity index (χ2v) is 7.30. The molecule has 4 rings (SSSR count). The number of benzene rings is 2. The normalized spacial score (nSPS) is 11.4. The Morgan fingerprint density at radius 1 is 1.18 bits per heavy atom. The molecule has 0 radical (unpaired) electrons. The van der Waals surface area contributed by atoms with Crippen molar-refractivity contribution in [2.75, 3.05) is 5.32 Å². The van der Waals surface area contributed by atoms with Crippen molar-refractivity contribution in [3.8, 4) is 0 Å². The molecule has 142 valence electrons. The minimum Gasteiger partial charge on any atom is -0.324 e. The molecule has 0 saturated carbocycles. The van der Waals surface area contributed by atoms with Gasteiger partial charge in [0.1, 0.15) is 12.9 Å². The fraction of sp³-hybridized carbons (Fsp3) is 0.200. The van der Waals surface area contributed by atoms with Crippen LogP contribution in [0.2, 0.25) is 5.02 Å². The SMILES string of the molecule is CC(C)c1ccc(NC(=O)Cn2nc3c4ccc(Cl)cc4ncn3c2=O)cc1. The minimum atomic E-state index is -0.426. The number of anilines is 1. The fourth-order valence-corrected chi connectivity index (χ4v) is 3.19. The Balaban J connectivity index is 1.60. The maximum Gasteiger partial charge on any atom is 0.352 e. The van der Waals surface area contributed by atoms with Crippen molar-refractivity contribution in [2.45, 2.75) is 26.3 Å². The van der Waals surface area contributed by atoms with E-state index < -0.39 is 5.69 Å². The van der Waals surface area contributed by atoms with Gasteiger partial charge in [-0.15, -0.1) is 5.10 Å². The third kappa shape index (κ3) is 3.36. The lowest BCUT2D eigenvalue weighted by atomic mass is 10.0. The molecule has 2 aromatic carbocycles. The Hall–Kier alpha value is -3.19. The number of hydrogen-bond acceptors (Lipinski definition) is 4. The summed E-state index contributed by atoms with van der Waals surface area (Å²) in [5.41, 5.74) is 2.50. The van der Waals surface area contributed by atoms with E-state index in [-0.39, 0.29) is 12.5 Å². The number of aromatic nitrogens is 4. The molecular weight excluding hydrogens is 378 g/mol. The summed E-state index contributed by atoms with van der Waals surface area (Å²) in [6.07, 6.45) is 1.39. The van der Waals surface area contributed by atoms with E-state index in [0.717, 1.165) is 4.68 Å². The predicted molar refractivity (Wildman–Crippen MR) is 109 cm³/mol. The van der Waals surface area contributed by atoms with Gasteiger partial charge >= 0.3 is 5.69 Å². The average molecular weight is 396 g/mol. The van der Waals surface area contributed by atoms with E-state index in [1.165, 1.54) is 16.3 Å². The van der Waals surface area contributed by atoms with Gasteiger partial charge in [0.15, 0.2) is 5.65 Å². The number of fused-ring (bicyclic) bond motifs is 3. The van der Waals surface area contributed by atoms with E-state index in [0.29, 0.717) is 33.2 Å². The topological polar surface area (TPSA) is 81.3 Å². The van der Waals surface area contributed by atoms with Crippen LogP contribution in [0.3, 0.4) is 0 Å². The van der Waals surface area contributed by atoms with Crippen molar-refractivity contribution in [1.82, 2.24) is 19.2 Å². The van der Waals surface area contributed by atoms with E-state index in [9.17, 15) is 9.59 Å². The van der Waals surface area contributed by atoms with Gasteiger partial charge in [-0.05, 0) is 41.8 Å². The van der Waals surface area contributed by atoms with E-state index in [2.05, 4.69) is 29.2 Å². The molecule has 0 saturated heterocycles. The Morgan fingerprint density at radius 3 is 2.64 bits per heavy atom. The monoisotopic (exact) mass is 395 g/mol. The summed E-state index contributed by atoms with van der Waals surface area (Å²) in [5.74, 6) is 0.0859. The van der Waals surface area contributed by atoms with Gasteiger partial charge in [0.2, 0.25) is 5.91 Å². The molecule has 0 spiro atoms. The molecule has 4 aromatic rings. The lowest BCUT2D eigenvalue weighted by Gasteiger charge is -2.08. The van der Waals surface area contributed by atoms with Crippen molar-refractivity contribution in [2.24, 2.45) is 0 Å². The molecule has 1 amide bonds. The largest absolute Gasteiger partial charge is 0.352 e. The molecule has 0 unspecified atom stereocenters. The summed E-state index contributed by atoms with van der Waals surface area (Å²) in [6.45, 7) is 4.02. The number of carbonyl (C=O) groups excluding carboxylic acids is 1. The standard InChI is InChI=1S/C20H18ClN5O2/c1-12(2)13-3-6-15(7-4-13)23-18(27)10-26-20(28)25-11-22-17-9-14(21)5-8-16(17)19(25)24-26/h3-9,11-12H,10H2,1-2H3,(H,23,27). The summed E-state index contributed by atoms with van der Waals surface area (Å²) < 4.78 is 2.45. The summed E-state index contributed by atoms with van der Waals surface area (Å²) in [5, 5.41) is 8.34. The Labute approximate surface area is 165 Å². The van der Waals surface area contributed by atoms with E-state index in [1.54, 1.807) is 18.2 Å². The number of halogens is 1. The molecule has 28 heavy (non-hydrogen) atoms. The van der Waals surface area contributed by atoms with Crippen molar-refractivity contribution < 1.29 is 4.79 Å². The molecule has 0 fully saturated rings. The van der Waals surface area contributed by atoms with Crippen LogP contribution in [0.25, 0.3) is 16.6 Å². The van der Waals surface area contributed by atoms with Crippen molar-refractivity contribution in [1.29, 1.82) is 0 Å². The zero-order valence-corrected chi connectivity index (χ0v) is 16.1. The van der Waals surface area contributed by atoms with Crippen LogP contribution in [-0.4, -0.2) is 25.1 Å². The average Bonchev–Trinajstić information content (AvgIpc) is 2.97. The molecule has 0 bridgehead atoms. The van der Waals surface area contributed by atoms with Crippen LogP contribution in [0, 0.1) is 0 Å². The van der Waals surface area contributed by atoms with Gasteiger partial charge in [-0.25, -0.2) is 18.9 Å². The smallest absolute Gasteiger partial charge is 0.324 e. The lowest BCUT2D eigenvalue weighted by molar-refractivity contribution is -0.117. The summed E-state index contributed by atoms with van der Waals surface area (Å²) in [6, 6.07) is 12.8. The van der Waals surface area contributed by atoms with Crippen LogP contribution in [0.4, 0.5) is 5.69 Å². The van der Waals surface area contributed by atoms with Gasteiger partial charge < -0.3 is 5.32 Å². The lowest BCUT2D eigenvalue weighted by Crippen LogP contribution is -2.28. The van der Waals surface area contributed by atoms with Crippen molar-refractivity contribution in [3.63, 3.8) is 0 Å². The molecule has 0 aliphatic rings. The summed E-state index contributed by atoms with van der Waals surface area (Å²) in [4.78, 5) is 29.2. The maximum absolute atomic E-state index is 12.6. The first-order chi connectivity index (χ1) is 13.4. The predicted octanol–water partition coefficient (Wildman–Crippen LogP) is 3.46. The molecule has 7 nitrogen and oxygen atoms in total. The number of carbonyl (C=O) groups is 1. The molecule has 1 N–H and O–H groups in total. The number of amides is 1. The number of nitrogens with one attached hydrogen (secondary N) is 1. The van der Waals surface area contributed by atoms with E-state index in [4.69, 9.17) is 11.6 Å². The highest BCUT2D eigenvalue weighted by Gasteiger charge is 2.14. The van der Waals surface area contributed by atoms with Gasteiger partial charge in [-0.1, -0.05) is 37.6 Å². The second-order valence-electron chi connectivity index (χ2n) is 6.86. The highest BCUT2D eigenvalue weighted by molar-refractivity contribution is 6.31. The van der Waals surface area contributed by atoms with Gasteiger partial charge in [0, 0.05) is 16.1 Å². The van der Waals surface area contributed by atoms with Crippen LogP contribution < -0.4 is 11.0 Å². The number of rotatable bonds is 4. The first-order valence-electron chi connectivity index (χ1n) is 8.85. The fourth-order valence-electron chi connectivity index (χ4n) is 3.02. The summed E-state index contributed by atoms with van der Waals surface area (Å²) >= 11 is 5.99. The third-order valence-electron chi connectivity index (χ3n) is 4.54. The minimum absolute atomic E-state index is 0.193. The van der Waals surface area contributed by atoms with Gasteiger partial charge in [-0.3, -0.25) is 4.79 Å². The van der Waals surface area contributed by atoms with Crippen LogP contribution in [-0.2, 0) is 11.3 Å². The molecule has 0 atom stereocenters. The van der Waals surface area contributed by atoms with E-state index >= 15 is 0 Å². The Bertz CT molecular complexity index is 1240.